The van der Waals surface area contributed by atoms with Crippen LogP contribution in [0.25, 0.3) is 10.9 Å². The van der Waals surface area contributed by atoms with Gasteiger partial charge in [-0.1, -0.05) is 6.07 Å². The first-order valence-corrected chi connectivity index (χ1v) is 10.4. The molecule has 0 atom stereocenters. The Balaban J connectivity index is 1.65. The number of carbonyl (C=O) groups is 2. The van der Waals surface area contributed by atoms with E-state index in [0.29, 0.717) is 11.2 Å². The maximum Gasteiger partial charge on any atom is 0.446 e. The van der Waals surface area contributed by atoms with Crippen molar-refractivity contribution in [1.29, 1.82) is 0 Å². The van der Waals surface area contributed by atoms with Crippen LogP contribution in [0.4, 0.5) is 29.3 Å². The summed E-state index contributed by atoms with van der Waals surface area (Å²) in [6, 6.07) is 11.7. The SMILES string of the molecule is CC1(C)C(=O)N(c2ccc(SC(F)(F)F)cc2)C(=O)N1Cc1ccnc2cc(N)ccc12. The standard InChI is InChI=1S/C22H19F3N4O2S/c1-21(2)19(30)29(15-4-6-16(7-5-15)32-22(23,24)25)20(31)28(21)12-13-9-10-27-18-11-14(26)3-8-17(13)18/h3-11H,12,26H2,1-2H3. The van der Waals surface area contributed by atoms with Crippen molar-refractivity contribution in [2.75, 3.05) is 10.6 Å². The molecule has 2 aromatic carbocycles. The van der Waals surface area contributed by atoms with Crippen molar-refractivity contribution < 1.29 is 22.8 Å². The van der Waals surface area contributed by atoms with Gasteiger partial charge in [0.05, 0.1) is 11.2 Å². The third-order valence-corrected chi connectivity index (χ3v) is 6.08. The second kappa shape index (κ2) is 7.70. The number of pyridine rings is 1. The molecule has 0 saturated carbocycles. The minimum atomic E-state index is -4.42. The van der Waals surface area contributed by atoms with Crippen molar-refractivity contribution in [3.05, 3.63) is 60.3 Å². The van der Waals surface area contributed by atoms with Crippen molar-refractivity contribution >= 4 is 46.0 Å². The molecule has 4 rings (SSSR count). The van der Waals surface area contributed by atoms with E-state index in [9.17, 15) is 22.8 Å². The summed E-state index contributed by atoms with van der Waals surface area (Å²) < 4.78 is 37.8. The Morgan fingerprint density at radius 3 is 2.41 bits per heavy atom. The van der Waals surface area contributed by atoms with Crippen LogP contribution in [0.5, 0.6) is 0 Å². The predicted octanol–water partition coefficient (Wildman–Crippen LogP) is 5.18. The number of nitrogens with zero attached hydrogens (tertiary/aromatic N) is 3. The number of anilines is 2. The fourth-order valence-corrected chi connectivity index (χ4v) is 4.20. The van der Waals surface area contributed by atoms with Gasteiger partial charge >= 0.3 is 11.5 Å². The second-order valence-electron chi connectivity index (χ2n) is 7.86. The van der Waals surface area contributed by atoms with Crippen molar-refractivity contribution in [1.82, 2.24) is 9.88 Å². The Kier molecular flexibility index (Phi) is 5.28. The normalized spacial score (nSPS) is 16.3. The molecule has 1 aliphatic rings. The summed E-state index contributed by atoms with van der Waals surface area (Å²) in [5, 5.41) is 0.810. The predicted molar refractivity (Wildman–Crippen MR) is 117 cm³/mol. The van der Waals surface area contributed by atoms with Crippen LogP contribution in [0.3, 0.4) is 0 Å². The van der Waals surface area contributed by atoms with E-state index < -0.39 is 23.0 Å². The lowest BCUT2D eigenvalue weighted by atomic mass is 10.0. The van der Waals surface area contributed by atoms with Crippen LogP contribution in [0.1, 0.15) is 19.4 Å². The van der Waals surface area contributed by atoms with Crippen LogP contribution in [0.15, 0.2) is 59.6 Å². The number of imide groups is 1. The van der Waals surface area contributed by atoms with Crippen LogP contribution in [-0.2, 0) is 11.3 Å². The van der Waals surface area contributed by atoms with E-state index in [0.717, 1.165) is 15.8 Å². The highest BCUT2D eigenvalue weighted by molar-refractivity contribution is 8.00. The van der Waals surface area contributed by atoms with E-state index >= 15 is 0 Å². The lowest BCUT2D eigenvalue weighted by molar-refractivity contribution is -0.123. The topological polar surface area (TPSA) is 79.5 Å². The number of fused-ring (bicyclic) bond motifs is 1. The number of hydrogen-bond acceptors (Lipinski definition) is 5. The first-order valence-electron chi connectivity index (χ1n) is 9.62. The highest BCUT2D eigenvalue weighted by atomic mass is 32.2. The van der Waals surface area contributed by atoms with Gasteiger partial charge in [-0.2, -0.15) is 13.2 Å². The number of aromatic nitrogens is 1. The van der Waals surface area contributed by atoms with Gasteiger partial charge in [0.15, 0.2) is 0 Å². The Morgan fingerprint density at radius 1 is 1.06 bits per heavy atom. The smallest absolute Gasteiger partial charge is 0.399 e. The zero-order chi connectivity index (χ0) is 23.3. The molecule has 0 radical (unpaired) electrons. The Bertz CT molecular complexity index is 1210. The Morgan fingerprint density at radius 2 is 1.75 bits per heavy atom. The van der Waals surface area contributed by atoms with Gasteiger partial charge in [-0.25, -0.2) is 9.69 Å². The van der Waals surface area contributed by atoms with E-state index in [4.69, 9.17) is 5.73 Å². The molecule has 3 amide bonds. The van der Waals surface area contributed by atoms with E-state index in [2.05, 4.69) is 4.98 Å². The average Bonchev–Trinajstić information content (AvgIpc) is 2.87. The fraction of sp³-hybridized carbons (Fsp3) is 0.227. The minimum Gasteiger partial charge on any atom is -0.399 e. The van der Waals surface area contributed by atoms with Crippen LogP contribution in [0, 0.1) is 0 Å². The van der Waals surface area contributed by atoms with E-state index in [1.165, 1.54) is 29.2 Å². The summed E-state index contributed by atoms with van der Waals surface area (Å²) in [6.45, 7) is 3.43. The number of amides is 3. The highest BCUT2D eigenvalue weighted by Gasteiger charge is 2.51. The first kappa shape index (κ1) is 21.9. The number of alkyl halides is 3. The summed E-state index contributed by atoms with van der Waals surface area (Å²) in [5.74, 6) is -0.457. The molecule has 3 aromatic rings. The molecule has 0 spiro atoms. The number of thioether (sulfide) groups is 1. The molecule has 0 unspecified atom stereocenters. The maximum atomic E-state index is 13.3. The number of benzene rings is 2. The lowest BCUT2D eigenvalue weighted by Crippen LogP contribution is -2.43. The van der Waals surface area contributed by atoms with Crippen molar-refractivity contribution in [3.63, 3.8) is 0 Å². The van der Waals surface area contributed by atoms with Crippen LogP contribution in [0.2, 0.25) is 0 Å². The third-order valence-electron chi connectivity index (χ3n) is 5.34. The number of rotatable bonds is 4. The molecule has 10 heteroatoms. The molecule has 1 saturated heterocycles. The quantitative estimate of drug-likeness (QED) is 0.330. The van der Waals surface area contributed by atoms with Gasteiger partial charge in [-0.05, 0) is 73.6 Å². The van der Waals surface area contributed by atoms with Crippen LogP contribution < -0.4 is 10.6 Å². The summed E-state index contributed by atoms with van der Waals surface area (Å²) >= 11 is -0.256. The number of urea groups is 1. The van der Waals surface area contributed by atoms with Gasteiger partial charge < -0.3 is 10.6 Å². The molecule has 0 aliphatic carbocycles. The van der Waals surface area contributed by atoms with Crippen LogP contribution >= 0.6 is 11.8 Å². The molecule has 0 bridgehead atoms. The minimum absolute atomic E-state index is 0.0287. The van der Waals surface area contributed by atoms with E-state index in [1.54, 1.807) is 38.2 Å². The Hall–Kier alpha value is -3.27. The van der Waals surface area contributed by atoms with Crippen molar-refractivity contribution in [2.24, 2.45) is 0 Å². The van der Waals surface area contributed by atoms with E-state index in [-0.39, 0.29) is 28.9 Å². The highest BCUT2D eigenvalue weighted by Crippen LogP contribution is 2.39. The summed E-state index contributed by atoms with van der Waals surface area (Å²) in [5.41, 5.74) is 2.50. The largest absolute Gasteiger partial charge is 0.446 e. The van der Waals surface area contributed by atoms with Gasteiger partial charge in [0, 0.05) is 28.7 Å². The summed E-state index contributed by atoms with van der Waals surface area (Å²) in [7, 11) is 0. The molecule has 1 aliphatic heterocycles. The monoisotopic (exact) mass is 460 g/mol. The van der Waals surface area contributed by atoms with Crippen LogP contribution in [-0.4, -0.2) is 32.9 Å². The van der Waals surface area contributed by atoms with Gasteiger partial charge in [0.1, 0.15) is 5.54 Å². The number of carbonyl (C=O) groups excluding carboxylic acids is 2. The zero-order valence-corrected chi connectivity index (χ0v) is 18.0. The van der Waals surface area contributed by atoms with Gasteiger partial charge in [-0.15, -0.1) is 0 Å². The number of hydrogen-bond donors (Lipinski definition) is 1. The Labute approximate surface area is 186 Å². The third kappa shape index (κ3) is 3.97. The molecule has 2 heterocycles. The van der Waals surface area contributed by atoms with Crippen molar-refractivity contribution in [2.45, 2.75) is 36.3 Å². The lowest BCUT2D eigenvalue weighted by Gasteiger charge is -2.28. The van der Waals surface area contributed by atoms with Crippen molar-refractivity contribution in [3.8, 4) is 0 Å². The van der Waals surface area contributed by atoms with Gasteiger partial charge in [-0.3, -0.25) is 9.78 Å². The molecule has 1 fully saturated rings. The first-order chi connectivity index (χ1) is 15.0. The summed E-state index contributed by atoms with van der Waals surface area (Å²) in [4.78, 5) is 33.1. The summed E-state index contributed by atoms with van der Waals surface area (Å²) in [6.07, 6.45) is 1.61. The molecule has 1 aromatic heterocycles. The van der Waals surface area contributed by atoms with Gasteiger partial charge in [0.25, 0.3) is 5.91 Å². The molecular formula is C22H19F3N4O2S. The molecule has 166 valence electrons. The van der Waals surface area contributed by atoms with Gasteiger partial charge in [0.2, 0.25) is 0 Å². The second-order valence-corrected chi connectivity index (χ2v) is 9.00. The number of halogens is 3. The maximum absolute atomic E-state index is 13.3. The molecule has 6 nitrogen and oxygen atoms in total. The molecule has 2 N–H and O–H groups in total. The van der Waals surface area contributed by atoms with E-state index in [1.807, 2.05) is 6.07 Å². The number of nitrogens with two attached hydrogens (primary N) is 1. The zero-order valence-electron chi connectivity index (χ0n) is 17.2. The average molecular weight is 460 g/mol. The fourth-order valence-electron chi connectivity index (χ4n) is 3.66. The molecule has 32 heavy (non-hydrogen) atoms. The number of nitrogen functional groups attached to an aromatic ring is 1. The molecular weight excluding hydrogens is 441 g/mol.